The molecule has 1 heterocycles. The van der Waals surface area contributed by atoms with Gasteiger partial charge >= 0.3 is 0 Å². The molecule has 0 aromatic heterocycles. The molecule has 1 saturated heterocycles. The third kappa shape index (κ3) is 3.12. The molecule has 0 N–H and O–H groups in total. The lowest BCUT2D eigenvalue weighted by molar-refractivity contribution is 0.0550. The Morgan fingerprint density at radius 1 is 1.32 bits per heavy atom. The zero-order chi connectivity index (χ0) is 14.0. The van der Waals surface area contributed by atoms with Gasteiger partial charge in [0.15, 0.2) is 0 Å². The highest BCUT2D eigenvalue weighted by Gasteiger charge is 2.26. The molecular weight excluding hydrogens is 241 g/mol. The fraction of sp³-hybridized carbons (Fsp3) is 0.533. The third-order valence-corrected chi connectivity index (χ3v) is 4.00. The van der Waals surface area contributed by atoms with E-state index in [4.69, 9.17) is 5.26 Å². The van der Waals surface area contributed by atoms with Gasteiger partial charge in [0.1, 0.15) is 5.82 Å². The van der Waals surface area contributed by atoms with E-state index in [-0.39, 0.29) is 5.82 Å². The lowest BCUT2D eigenvalue weighted by atomic mass is 10.1. The third-order valence-electron chi connectivity index (χ3n) is 4.00. The summed E-state index contributed by atoms with van der Waals surface area (Å²) in [4.78, 5) is 4.60. The highest BCUT2D eigenvalue weighted by molar-refractivity contribution is 5.33. The summed E-state index contributed by atoms with van der Waals surface area (Å²) in [5.74, 6) is -0.224. The van der Waals surface area contributed by atoms with Crippen LogP contribution in [0.5, 0.6) is 0 Å². The van der Waals surface area contributed by atoms with E-state index in [0.717, 1.165) is 13.1 Å². The number of halogens is 1. The minimum Gasteiger partial charge on any atom is -0.298 e. The van der Waals surface area contributed by atoms with Gasteiger partial charge in [-0.05, 0) is 39.1 Å². The maximum Gasteiger partial charge on any atom is 0.127 e. The average molecular weight is 261 g/mol. The predicted molar refractivity (Wildman–Crippen MR) is 73.1 cm³/mol. The largest absolute Gasteiger partial charge is 0.298 e. The highest BCUT2D eigenvalue weighted by Crippen LogP contribution is 2.18. The molecule has 1 aromatic rings. The summed E-state index contributed by atoms with van der Waals surface area (Å²) in [5.41, 5.74) is 1.13. The van der Waals surface area contributed by atoms with E-state index in [9.17, 15) is 4.39 Å². The van der Waals surface area contributed by atoms with Crippen molar-refractivity contribution < 1.29 is 4.39 Å². The molecule has 2 unspecified atom stereocenters. The Hall–Kier alpha value is -1.44. The number of likely N-dealkylation sites (N-methyl/N-ethyl adjacent to an activating group) is 1. The second kappa shape index (κ2) is 5.68. The number of benzene rings is 1. The summed E-state index contributed by atoms with van der Waals surface area (Å²) in [5, 5.41) is 8.88. The molecular formula is C15H20FN3. The summed E-state index contributed by atoms with van der Waals surface area (Å²) < 4.78 is 13.8. The summed E-state index contributed by atoms with van der Waals surface area (Å²) in [6.45, 7) is 6.80. The zero-order valence-corrected chi connectivity index (χ0v) is 11.7. The molecule has 1 aliphatic heterocycles. The lowest BCUT2D eigenvalue weighted by Crippen LogP contribution is -2.54. The first-order chi connectivity index (χ1) is 9.01. The SMILES string of the molecule is CC1CN(Cc2cc(C#N)ccc2F)CC(C)N1C. The Bertz CT molecular complexity index is 483. The molecule has 1 aliphatic rings. The number of nitrogens with zero attached hydrogens (tertiary/aromatic N) is 3. The van der Waals surface area contributed by atoms with Crippen molar-refractivity contribution >= 4 is 0 Å². The minimum absolute atomic E-state index is 0.224. The van der Waals surface area contributed by atoms with Crippen LogP contribution in [0.25, 0.3) is 0 Å². The van der Waals surface area contributed by atoms with Crippen LogP contribution in [-0.4, -0.2) is 42.0 Å². The molecule has 0 aliphatic carbocycles. The van der Waals surface area contributed by atoms with Gasteiger partial charge < -0.3 is 0 Å². The van der Waals surface area contributed by atoms with Crippen LogP contribution in [0.1, 0.15) is 25.0 Å². The monoisotopic (exact) mass is 261 g/mol. The fourth-order valence-electron chi connectivity index (χ4n) is 2.65. The lowest BCUT2D eigenvalue weighted by Gasteiger charge is -2.42. The number of piperazine rings is 1. The van der Waals surface area contributed by atoms with Crippen LogP contribution in [0, 0.1) is 17.1 Å². The van der Waals surface area contributed by atoms with Crippen molar-refractivity contribution in [2.75, 3.05) is 20.1 Å². The van der Waals surface area contributed by atoms with Gasteiger partial charge in [0, 0.05) is 37.3 Å². The molecule has 0 saturated carbocycles. The standard InChI is InChI=1S/C15H20FN3/c1-11-8-19(9-12(2)18(11)3)10-14-6-13(7-17)4-5-15(14)16/h4-6,11-12H,8-10H2,1-3H3. The van der Waals surface area contributed by atoms with Crippen molar-refractivity contribution in [1.82, 2.24) is 9.80 Å². The normalized spacial score (nSPS) is 25.2. The summed E-state index contributed by atoms with van der Waals surface area (Å²) in [7, 11) is 2.13. The second-order valence-corrected chi connectivity index (χ2v) is 5.48. The molecule has 0 spiro atoms. The van der Waals surface area contributed by atoms with Gasteiger partial charge in [-0.25, -0.2) is 4.39 Å². The quantitative estimate of drug-likeness (QED) is 0.817. The van der Waals surface area contributed by atoms with Gasteiger partial charge in [0.2, 0.25) is 0 Å². The van der Waals surface area contributed by atoms with E-state index in [1.807, 2.05) is 0 Å². The molecule has 102 valence electrons. The number of hydrogen-bond acceptors (Lipinski definition) is 3. The smallest absolute Gasteiger partial charge is 0.127 e. The fourth-order valence-corrected chi connectivity index (χ4v) is 2.65. The van der Waals surface area contributed by atoms with Crippen LogP contribution in [0.15, 0.2) is 18.2 Å². The summed E-state index contributed by atoms with van der Waals surface area (Å²) in [6.07, 6.45) is 0. The molecule has 2 rings (SSSR count). The first-order valence-electron chi connectivity index (χ1n) is 6.64. The number of hydrogen-bond donors (Lipinski definition) is 0. The van der Waals surface area contributed by atoms with E-state index >= 15 is 0 Å². The van der Waals surface area contributed by atoms with Crippen molar-refractivity contribution in [2.45, 2.75) is 32.5 Å². The van der Waals surface area contributed by atoms with Gasteiger partial charge in [0.05, 0.1) is 11.6 Å². The second-order valence-electron chi connectivity index (χ2n) is 5.48. The van der Waals surface area contributed by atoms with Gasteiger partial charge in [-0.1, -0.05) is 0 Å². The molecule has 1 aromatic carbocycles. The first-order valence-corrected chi connectivity index (χ1v) is 6.64. The van der Waals surface area contributed by atoms with Gasteiger partial charge in [0.25, 0.3) is 0 Å². The van der Waals surface area contributed by atoms with Crippen LogP contribution in [0.4, 0.5) is 4.39 Å². The van der Waals surface area contributed by atoms with Gasteiger partial charge in [-0.2, -0.15) is 5.26 Å². The Kier molecular flexibility index (Phi) is 4.18. The summed E-state index contributed by atoms with van der Waals surface area (Å²) >= 11 is 0. The minimum atomic E-state index is -0.224. The van der Waals surface area contributed by atoms with Crippen molar-refractivity contribution in [3.63, 3.8) is 0 Å². The predicted octanol–water partition coefficient (Wildman–Crippen LogP) is 2.22. The van der Waals surface area contributed by atoms with Crippen molar-refractivity contribution in [3.05, 3.63) is 35.1 Å². The van der Waals surface area contributed by atoms with Gasteiger partial charge in [-0.3, -0.25) is 9.80 Å². The maximum atomic E-state index is 13.8. The Morgan fingerprint density at radius 3 is 2.53 bits per heavy atom. The molecule has 3 nitrogen and oxygen atoms in total. The topological polar surface area (TPSA) is 30.3 Å². The van der Waals surface area contributed by atoms with E-state index in [1.165, 1.54) is 12.1 Å². The Labute approximate surface area is 114 Å². The highest BCUT2D eigenvalue weighted by atomic mass is 19.1. The average Bonchev–Trinajstić information content (AvgIpc) is 2.38. The molecule has 2 atom stereocenters. The van der Waals surface area contributed by atoms with E-state index < -0.39 is 0 Å². The molecule has 0 amide bonds. The van der Waals surface area contributed by atoms with Crippen LogP contribution in [0.3, 0.4) is 0 Å². The van der Waals surface area contributed by atoms with Crippen molar-refractivity contribution in [3.8, 4) is 6.07 Å². The Balaban J connectivity index is 2.11. The van der Waals surface area contributed by atoms with Crippen LogP contribution < -0.4 is 0 Å². The molecule has 4 heteroatoms. The first kappa shape index (κ1) is 14.0. The van der Waals surface area contributed by atoms with Crippen LogP contribution in [-0.2, 0) is 6.54 Å². The molecule has 19 heavy (non-hydrogen) atoms. The number of rotatable bonds is 2. The zero-order valence-electron chi connectivity index (χ0n) is 11.7. The summed E-state index contributed by atoms with van der Waals surface area (Å²) in [6, 6.07) is 7.55. The Morgan fingerprint density at radius 2 is 1.95 bits per heavy atom. The molecule has 1 fully saturated rings. The number of nitriles is 1. The van der Waals surface area contributed by atoms with Crippen molar-refractivity contribution in [1.29, 1.82) is 5.26 Å². The van der Waals surface area contributed by atoms with Crippen LogP contribution in [0.2, 0.25) is 0 Å². The van der Waals surface area contributed by atoms with E-state index in [1.54, 1.807) is 6.07 Å². The van der Waals surface area contributed by atoms with Crippen LogP contribution >= 0.6 is 0 Å². The van der Waals surface area contributed by atoms with E-state index in [2.05, 4.69) is 36.8 Å². The van der Waals surface area contributed by atoms with Crippen molar-refractivity contribution in [2.24, 2.45) is 0 Å². The maximum absolute atomic E-state index is 13.8. The molecule has 0 bridgehead atoms. The molecule has 0 radical (unpaired) electrons. The van der Waals surface area contributed by atoms with Gasteiger partial charge in [-0.15, -0.1) is 0 Å². The van der Waals surface area contributed by atoms with E-state index in [0.29, 0.717) is 29.8 Å².